The molecule has 3 aromatic rings. The summed E-state index contributed by atoms with van der Waals surface area (Å²) >= 11 is 1.60. The Balaban J connectivity index is 2.16. The highest BCUT2D eigenvalue weighted by atomic mass is 32.1. The summed E-state index contributed by atoms with van der Waals surface area (Å²) in [5, 5.41) is 13.0. The Morgan fingerprint density at radius 2 is 1.79 bits per heavy atom. The van der Waals surface area contributed by atoms with Crippen molar-refractivity contribution in [1.82, 2.24) is 4.57 Å². The zero-order valence-electron chi connectivity index (χ0n) is 16.6. The Kier molecular flexibility index (Phi) is 6.09. The second-order valence-corrected chi connectivity index (χ2v) is 8.00. The maximum Gasteiger partial charge on any atom is 0.269 e. The molecule has 6 heteroatoms. The molecule has 0 fully saturated rings. The zero-order chi connectivity index (χ0) is 20.3. The fraction of sp³-hybridized carbons (Fsp3) is 0.318. The summed E-state index contributed by atoms with van der Waals surface area (Å²) in [7, 11) is 0. The van der Waals surface area contributed by atoms with Crippen LogP contribution >= 0.6 is 11.3 Å². The third-order valence-corrected chi connectivity index (χ3v) is 5.76. The van der Waals surface area contributed by atoms with Gasteiger partial charge in [0.1, 0.15) is 0 Å². The molecule has 1 atom stereocenters. The van der Waals surface area contributed by atoms with Crippen LogP contribution in [0.25, 0.3) is 11.3 Å². The van der Waals surface area contributed by atoms with Crippen LogP contribution in [-0.4, -0.2) is 9.49 Å². The van der Waals surface area contributed by atoms with Gasteiger partial charge < -0.3 is 4.57 Å². The first-order valence-electron chi connectivity index (χ1n) is 9.50. The molecule has 0 amide bonds. The lowest BCUT2D eigenvalue weighted by molar-refractivity contribution is -0.384. The number of rotatable bonds is 6. The van der Waals surface area contributed by atoms with Gasteiger partial charge in [-0.2, -0.15) is 0 Å². The van der Waals surface area contributed by atoms with Gasteiger partial charge in [-0.05, 0) is 48.6 Å². The number of thiazole rings is 1. The third-order valence-electron chi connectivity index (χ3n) is 4.92. The van der Waals surface area contributed by atoms with Crippen molar-refractivity contribution >= 4 is 22.7 Å². The maximum atomic E-state index is 11.0. The molecule has 0 bridgehead atoms. The average Bonchev–Trinajstić information content (AvgIpc) is 3.11. The predicted molar refractivity (Wildman–Crippen MR) is 115 cm³/mol. The molecule has 3 rings (SSSR count). The number of para-hydroxylation sites is 1. The minimum absolute atomic E-state index is 0.102. The minimum atomic E-state index is -0.371. The van der Waals surface area contributed by atoms with Crippen molar-refractivity contribution in [2.24, 2.45) is 4.99 Å². The van der Waals surface area contributed by atoms with Gasteiger partial charge in [0.2, 0.25) is 0 Å². The van der Waals surface area contributed by atoms with Gasteiger partial charge in [-0.1, -0.05) is 39.0 Å². The molecule has 0 spiro atoms. The number of nitro groups is 1. The van der Waals surface area contributed by atoms with E-state index in [1.165, 1.54) is 5.56 Å². The van der Waals surface area contributed by atoms with Gasteiger partial charge in [-0.15, -0.1) is 11.3 Å². The number of aromatic nitrogens is 1. The summed E-state index contributed by atoms with van der Waals surface area (Å²) in [4.78, 5) is 16.5. The van der Waals surface area contributed by atoms with Crippen LogP contribution in [0.15, 0.2) is 58.9 Å². The molecule has 5 nitrogen and oxygen atoms in total. The van der Waals surface area contributed by atoms with Crippen LogP contribution in [0.5, 0.6) is 0 Å². The second-order valence-electron chi connectivity index (χ2n) is 7.16. The van der Waals surface area contributed by atoms with Crippen LogP contribution in [-0.2, 0) is 0 Å². The molecule has 1 aromatic heterocycles. The topological polar surface area (TPSA) is 60.4 Å². The molecule has 0 saturated heterocycles. The van der Waals surface area contributed by atoms with Crippen molar-refractivity contribution in [2.75, 3.05) is 0 Å². The lowest BCUT2D eigenvalue weighted by Crippen LogP contribution is -2.19. The van der Waals surface area contributed by atoms with Crippen LogP contribution in [0.4, 0.5) is 11.4 Å². The van der Waals surface area contributed by atoms with Gasteiger partial charge in [-0.3, -0.25) is 10.1 Å². The summed E-state index contributed by atoms with van der Waals surface area (Å²) in [5.41, 5.74) is 4.32. The number of benzene rings is 2. The van der Waals surface area contributed by atoms with E-state index in [0.29, 0.717) is 5.92 Å². The molecule has 0 aliphatic carbocycles. The number of hydrogen-bond acceptors (Lipinski definition) is 4. The average molecular weight is 396 g/mol. The van der Waals surface area contributed by atoms with E-state index in [-0.39, 0.29) is 16.7 Å². The molecule has 0 radical (unpaired) electrons. The van der Waals surface area contributed by atoms with Crippen LogP contribution in [0.2, 0.25) is 0 Å². The first-order valence-corrected chi connectivity index (χ1v) is 10.4. The van der Waals surface area contributed by atoms with E-state index in [4.69, 9.17) is 4.99 Å². The summed E-state index contributed by atoms with van der Waals surface area (Å²) in [6.07, 6.45) is 0.968. The molecule has 0 aliphatic rings. The van der Waals surface area contributed by atoms with E-state index in [0.717, 1.165) is 28.2 Å². The highest BCUT2D eigenvalue weighted by molar-refractivity contribution is 7.07. The van der Waals surface area contributed by atoms with Crippen molar-refractivity contribution in [3.63, 3.8) is 0 Å². The van der Waals surface area contributed by atoms with Gasteiger partial charge in [-0.25, -0.2) is 4.99 Å². The zero-order valence-corrected chi connectivity index (χ0v) is 17.4. The van der Waals surface area contributed by atoms with Gasteiger partial charge in [0.05, 0.1) is 16.3 Å². The summed E-state index contributed by atoms with van der Waals surface area (Å²) in [6, 6.07) is 15.2. The molecular weight excluding hydrogens is 370 g/mol. The van der Waals surface area contributed by atoms with E-state index in [1.54, 1.807) is 23.5 Å². The van der Waals surface area contributed by atoms with E-state index < -0.39 is 0 Å². The first kappa shape index (κ1) is 20.0. The van der Waals surface area contributed by atoms with Gasteiger partial charge in [0.25, 0.3) is 5.69 Å². The molecule has 28 heavy (non-hydrogen) atoms. The smallest absolute Gasteiger partial charge is 0.269 e. The van der Waals surface area contributed by atoms with Crippen LogP contribution in [0.1, 0.15) is 51.6 Å². The molecule has 1 unspecified atom stereocenters. The second kappa shape index (κ2) is 8.52. The quantitative estimate of drug-likeness (QED) is 0.355. The molecule has 1 heterocycles. The van der Waals surface area contributed by atoms with Crippen LogP contribution in [0.3, 0.4) is 0 Å². The Bertz CT molecular complexity index is 1030. The fourth-order valence-electron chi connectivity index (χ4n) is 3.16. The highest BCUT2D eigenvalue weighted by Crippen LogP contribution is 2.29. The lowest BCUT2D eigenvalue weighted by Gasteiger charge is -2.16. The van der Waals surface area contributed by atoms with Crippen LogP contribution < -0.4 is 4.80 Å². The number of non-ortho nitro benzene ring substituents is 1. The molecule has 146 valence electrons. The SMILES string of the molecule is CCC(C)n1c(-c2ccc([N+](=O)[O-])cc2)csc1=Nc1ccccc1C(C)C. The predicted octanol–water partition coefficient (Wildman–Crippen LogP) is 6.45. The minimum Gasteiger partial charge on any atom is -0.314 e. The highest BCUT2D eigenvalue weighted by Gasteiger charge is 2.15. The Morgan fingerprint density at radius 1 is 1.11 bits per heavy atom. The third kappa shape index (κ3) is 4.07. The largest absolute Gasteiger partial charge is 0.314 e. The molecule has 0 N–H and O–H groups in total. The molecular formula is C22H25N3O2S. The van der Waals surface area contributed by atoms with E-state index in [9.17, 15) is 10.1 Å². The lowest BCUT2D eigenvalue weighted by atomic mass is 10.0. The number of nitro benzene ring substituents is 1. The fourth-order valence-corrected chi connectivity index (χ4v) is 4.17. The van der Waals surface area contributed by atoms with Crippen molar-refractivity contribution in [1.29, 1.82) is 0 Å². The molecule has 0 saturated carbocycles. The monoisotopic (exact) mass is 395 g/mol. The number of hydrogen-bond donors (Lipinski definition) is 0. The first-order chi connectivity index (χ1) is 13.4. The van der Waals surface area contributed by atoms with Gasteiger partial charge >= 0.3 is 0 Å². The number of nitrogens with zero attached hydrogens (tertiary/aromatic N) is 3. The van der Waals surface area contributed by atoms with E-state index in [1.807, 2.05) is 24.3 Å². The summed E-state index contributed by atoms with van der Waals surface area (Å²) < 4.78 is 2.24. The van der Waals surface area contributed by atoms with E-state index >= 15 is 0 Å². The summed E-state index contributed by atoms with van der Waals surface area (Å²) in [6.45, 7) is 8.68. The van der Waals surface area contributed by atoms with Crippen molar-refractivity contribution in [3.8, 4) is 11.3 Å². The Hall–Kier alpha value is -2.73. The van der Waals surface area contributed by atoms with Crippen LogP contribution in [0, 0.1) is 10.1 Å². The normalized spacial score (nSPS) is 13.1. The van der Waals surface area contributed by atoms with Gasteiger partial charge in [0, 0.05) is 23.6 Å². The molecule has 2 aromatic carbocycles. The van der Waals surface area contributed by atoms with Gasteiger partial charge in [0.15, 0.2) is 4.80 Å². The van der Waals surface area contributed by atoms with Crippen molar-refractivity contribution in [3.05, 3.63) is 74.4 Å². The summed E-state index contributed by atoms with van der Waals surface area (Å²) in [5.74, 6) is 0.395. The van der Waals surface area contributed by atoms with E-state index in [2.05, 4.69) is 49.8 Å². The van der Waals surface area contributed by atoms with Crippen molar-refractivity contribution in [2.45, 2.75) is 46.1 Å². The Morgan fingerprint density at radius 3 is 2.39 bits per heavy atom. The Labute approximate surface area is 169 Å². The van der Waals surface area contributed by atoms with Crippen molar-refractivity contribution < 1.29 is 4.92 Å². The standard InChI is InChI=1S/C22H25N3O2S/c1-5-16(4)24-21(17-10-12-18(13-11-17)25(26)27)14-28-22(24)23-20-9-7-6-8-19(20)15(2)3/h6-16H,5H2,1-4H3. The maximum absolute atomic E-state index is 11.0. The molecule has 0 aliphatic heterocycles.